The van der Waals surface area contributed by atoms with E-state index in [9.17, 15) is 14.4 Å². The Hall–Kier alpha value is -2.57. The number of nitrogens with zero attached hydrogens (tertiary/aromatic N) is 2. The van der Waals surface area contributed by atoms with Gasteiger partial charge in [0.2, 0.25) is 5.91 Å². The minimum absolute atomic E-state index is 0.0175. The van der Waals surface area contributed by atoms with Gasteiger partial charge in [0, 0.05) is 38.1 Å². The average molecular weight is 389 g/mol. The molecule has 1 aliphatic heterocycles. The van der Waals surface area contributed by atoms with Gasteiger partial charge in [0.15, 0.2) is 0 Å². The van der Waals surface area contributed by atoms with E-state index in [1.807, 2.05) is 32.6 Å². The van der Waals surface area contributed by atoms with Crippen molar-refractivity contribution in [2.45, 2.75) is 46.6 Å². The SMILES string of the molecule is CCN(CC)C(=O)N1CCC(C(=O)Nc2ccccc2C(=O)NC(C)C)CC1. The lowest BCUT2D eigenvalue weighted by Crippen LogP contribution is -2.47. The van der Waals surface area contributed by atoms with Crippen LogP contribution in [0.4, 0.5) is 10.5 Å². The Kier molecular flexibility index (Phi) is 7.84. The van der Waals surface area contributed by atoms with Crippen LogP contribution in [0.2, 0.25) is 0 Å². The molecule has 1 aliphatic rings. The number of anilines is 1. The van der Waals surface area contributed by atoms with Crippen molar-refractivity contribution in [3.8, 4) is 0 Å². The lowest BCUT2D eigenvalue weighted by molar-refractivity contribution is -0.121. The molecule has 2 rings (SSSR count). The molecular formula is C21H32N4O3. The van der Waals surface area contributed by atoms with Gasteiger partial charge in [0.1, 0.15) is 0 Å². The third kappa shape index (κ3) is 5.47. The largest absolute Gasteiger partial charge is 0.350 e. The van der Waals surface area contributed by atoms with Crippen molar-refractivity contribution >= 4 is 23.5 Å². The fourth-order valence-electron chi connectivity index (χ4n) is 3.39. The highest BCUT2D eigenvalue weighted by Crippen LogP contribution is 2.22. The first-order valence-corrected chi connectivity index (χ1v) is 10.1. The summed E-state index contributed by atoms with van der Waals surface area (Å²) < 4.78 is 0. The first-order chi connectivity index (χ1) is 13.4. The number of hydrogen-bond donors (Lipinski definition) is 2. The summed E-state index contributed by atoms with van der Waals surface area (Å²) in [4.78, 5) is 41.2. The molecule has 1 heterocycles. The van der Waals surface area contributed by atoms with E-state index >= 15 is 0 Å². The highest BCUT2D eigenvalue weighted by molar-refractivity contribution is 6.04. The maximum Gasteiger partial charge on any atom is 0.319 e. The zero-order valence-corrected chi connectivity index (χ0v) is 17.3. The van der Waals surface area contributed by atoms with Crippen LogP contribution in [0.3, 0.4) is 0 Å². The zero-order chi connectivity index (χ0) is 20.7. The number of piperidine rings is 1. The Balaban J connectivity index is 1.97. The predicted octanol–water partition coefficient (Wildman–Crippen LogP) is 2.94. The van der Waals surface area contributed by atoms with Crippen molar-refractivity contribution in [1.29, 1.82) is 0 Å². The average Bonchev–Trinajstić information content (AvgIpc) is 2.68. The lowest BCUT2D eigenvalue weighted by Gasteiger charge is -2.34. The van der Waals surface area contributed by atoms with E-state index in [1.54, 1.807) is 29.2 Å². The molecule has 1 fully saturated rings. The Morgan fingerprint density at radius 1 is 1.11 bits per heavy atom. The third-order valence-corrected chi connectivity index (χ3v) is 5.02. The molecule has 0 aliphatic carbocycles. The Morgan fingerprint density at radius 3 is 2.29 bits per heavy atom. The lowest BCUT2D eigenvalue weighted by atomic mass is 9.95. The third-order valence-electron chi connectivity index (χ3n) is 5.02. The van der Waals surface area contributed by atoms with E-state index in [0.717, 1.165) is 0 Å². The van der Waals surface area contributed by atoms with Crippen molar-refractivity contribution in [2.24, 2.45) is 5.92 Å². The number of likely N-dealkylation sites (tertiary alicyclic amines) is 1. The number of hydrogen-bond acceptors (Lipinski definition) is 3. The molecule has 154 valence electrons. The zero-order valence-electron chi connectivity index (χ0n) is 17.3. The van der Waals surface area contributed by atoms with Gasteiger partial charge in [-0.25, -0.2) is 4.79 Å². The smallest absolute Gasteiger partial charge is 0.319 e. The highest BCUT2D eigenvalue weighted by Gasteiger charge is 2.29. The van der Waals surface area contributed by atoms with Gasteiger partial charge in [0.25, 0.3) is 5.91 Å². The Labute approximate surface area is 167 Å². The van der Waals surface area contributed by atoms with Crippen LogP contribution >= 0.6 is 0 Å². The quantitative estimate of drug-likeness (QED) is 0.786. The maximum atomic E-state index is 12.7. The molecule has 0 aromatic heterocycles. The van der Waals surface area contributed by atoms with E-state index in [2.05, 4.69) is 10.6 Å². The Morgan fingerprint density at radius 2 is 1.71 bits per heavy atom. The van der Waals surface area contributed by atoms with E-state index < -0.39 is 0 Å². The molecule has 0 radical (unpaired) electrons. The van der Waals surface area contributed by atoms with E-state index in [1.165, 1.54) is 0 Å². The van der Waals surface area contributed by atoms with E-state index in [-0.39, 0.29) is 29.8 Å². The van der Waals surface area contributed by atoms with Crippen LogP contribution < -0.4 is 10.6 Å². The molecular weight excluding hydrogens is 356 g/mol. The minimum atomic E-state index is -0.203. The van der Waals surface area contributed by atoms with Gasteiger partial charge in [-0.2, -0.15) is 0 Å². The van der Waals surface area contributed by atoms with Crippen LogP contribution in [0.1, 0.15) is 50.9 Å². The van der Waals surface area contributed by atoms with Crippen molar-refractivity contribution in [1.82, 2.24) is 15.1 Å². The van der Waals surface area contributed by atoms with Crippen LogP contribution in [-0.2, 0) is 4.79 Å². The Bertz CT molecular complexity index is 693. The van der Waals surface area contributed by atoms with Crippen LogP contribution in [-0.4, -0.2) is 59.9 Å². The second-order valence-electron chi connectivity index (χ2n) is 7.38. The van der Waals surface area contributed by atoms with Crippen LogP contribution in [0.25, 0.3) is 0 Å². The van der Waals surface area contributed by atoms with Crippen molar-refractivity contribution in [3.63, 3.8) is 0 Å². The molecule has 0 atom stereocenters. The molecule has 0 bridgehead atoms. The number of para-hydroxylation sites is 1. The second kappa shape index (κ2) is 10.1. The molecule has 1 aromatic carbocycles. The first kappa shape index (κ1) is 21.7. The summed E-state index contributed by atoms with van der Waals surface area (Å²) in [7, 11) is 0. The van der Waals surface area contributed by atoms with Gasteiger partial charge in [-0.15, -0.1) is 0 Å². The number of nitrogens with one attached hydrogen (secondary N) is 2. The van der Waals surface area contributed by atoms with Gasteiger partial charge >= 0.3 is 6.03 Å². The van der Waals surface area contributed by atoms with E-state index in [0.29, 0.717) is 50.3 Å². The van der Waals surface area contributed by atoms with Gasteiger partial charge in [-0.05, 0) is 52.7 Å². The van der Waals surface area contributed by atoms with Crippen LogP contribution in [0.5, 0.6) is 0 Å². The van der Waals surface area contributed by atoms with Crippen LogP contribution in [0, 0.1) is 5.92 Å². The fourth-order valence-corrected chi connectivity index (χ4v) is 3.39. The molecule has 0 saturated carbocycles. The van der Waals surface area contributed by atoms with Crippen LogP contribution in [0.15, 0.2) is 24.3 Å². The molecule has 28 heavy (non-hydrogen) atoms. The summed E-state index contributed by atoms with van der Waals surface area (Å²) in [6, 6.07) is 7.09. The standard InChI is InChI=1S/C21H32N4O3/c1-5-24(6-2)21(28)25-13-11-16(12-14-25)19(26)23-18-10-8-7-9-17(18)20(27)22-15(3)4/h7-10,15-16H,5-6,11-14H2,1-4H3,(H,22,27)(H,23,26). The summed E-state index contributed by atoms with van der Waals surface area (Å²) in [5.41, 5.74) is 0.978. The number of carbonyl (C=O) groups excluding carboxylic acids is 3. The number of benzene rings is 1. The van der Waals surface area contributed by atoms with Crippen molar-refractivity contribution in [2.75, 3.05) is 31.5 Å². The van der Waals surface area contributed by atoms with Gasteiger partial charge in [-0.3, -0.25) is 9.59 Å². The minimum Gasteiger partial charge on any atom is -0.350 e. The first-order valence-electron chi connectivity index (χ1n) is 10.1. The van der Waals surface area contributed by atoms with Gasteiger partial charge in [-0.1, -0.05) is 12.1 Å². The van der Waals surface area contributed by atoms with Crippen molar-refractivity contribution < 1.29 is 14.4 Å². The molecule has 7 nitrogen and oxygen atoms in total. The number of rotatable bonds is 6. The molecule has 0 unspecified atom stereocenters. The highest BCUT2D eigenvalue weighted by atomic mass is 16.2. The molecule has 0 spiro atoms. The summed E-state index contributed by atoms with van der Waals surface area (Å²) in [5, 5.41) is 5.76. The summed E-state index contributed by atoms with van der Waals surface area (Å²) in [6.45, 7) is 10.2. The summed E-state index contributed by atoms with van der Waals surface area (Å²) in [5.74, 6) is -0.466. The number of amides is 4. The molecule has 1 aromatic rings. The molecule has 2 N–H and O–H groups in total. The van der Waals surface area contributed by atoms with Gasteiger partial charge < -0.3 is 20.4 Å². The fraction of sp³-hybridized carbons (Fsp3) is 0.571. The second-order valence-corrected chi connectivity index (χ2v) is 7.38. The van der Waals surface area contributed by atoms with E-state index in [4.69, 9.17) is 0 Å². The van der Waals surface area contributed by atoms with Gasteiger partial charge in [0.05, 0.1) is 11.3 Å². The molecule has 7 heteroatoms. The predicted molar refractivity (Wildman–Crippen MR) is 110 cm³/mol. The monoisotopic (exact) mass is 388 g/mol. The topological polar surface area (TPSA) is 81.8 Å². The number of urea groups is 1. The molecule has 4 amide bonds. The summed E-state index contributed by atoms with van der Waals surface area (Å²) >= 11 is 0. The number of carbonyl (C=O) groups is 3. The summed E-state index contributed by atoms with van der Waals surface area (Å²) in [6.07, 6.45) is 1.25. The normalized spacial score (nSPS) is 14.7. The van der Waals surface area contributed by atoms with Crippen molar-refractivity contribution in [3.05, 3.63) is 29.8 Å². The molecule has 1 saturated heterocycles. The maximum absolute atomic E-state index is 12.7.